The fraction of sp³-hybridized carbons (Fsp3) is 0.229. The zero-order valence-corrected chi connectivity index (χ0v) is 27.4. The molecule has 1 aliphatic heterocycles. The molecule has 1 atom stereocenters. The van der Waals surface area contributed by atoms with Crippen molar-refractivity contribution < 1.29 is 14.3 Å². The van der Waals surface area contributed by atoms with Gasteiger partial charge in [0.15, 0.2) is 4.80 Å². The number of hydrogen-bond acceptors (Lipinski definition) is 6. The largest absolute Gasteiger partial charge is 0.494 e. The van der Waals surface area contributed by atoms with Gasteiger partial charge in [-0.25, -0.2) is 9.79 Å². The third-order valence-corrected chi connectivity index (χ3v) is 9.34. The normalized spacial score (nSPS) is 14.9. The molecule has 9 heteroatoms. The van der Waals surface area contributed by atoms with Crippen molar-refractivity contribution >= 4 is 50.2 Å². The number of rotatable bonds is 8. The third-order valence-electron chi connectivity index (χ3n) is 7.83. The van der Waals surface area contributed by atoms with Crippen LogP contribution in [0.5, 0.6) is 5.75 Å². The van der Waals surface area contributed by atoms with Crippen LogP contribution < -0.4 is 19.6 Å². The minimum Gasteiger partial charge on any atom is -0.494 e. The molecule has 1 aliphatic rings. The van der Waals surface area contributed by atoms with Gasteiger partial charge in [-0.15, -0.1) is 0 Å². The predicted molar refractivity (Wildman–Crippen MR) is 178 cm³/mol. The summed E-state index contributed by atoms with van der Waals surface area (Å²) in [5.41, 5.74) is 5.80. The number of ether oxygens (including phenoxy) is 2. The van der Waals surface area contributed by atoms with Crippen LogP contribution in [0.1, 0.15) is 49.2 Å². The standard InChI is InChI=1S/C35H32BrN3O4S/c1-5-42-26-17-13-24(14-18-26)32-31(34(41)43-6-2)21(3)37-35-39(32)33(40)30(44-35)19-28-22(4)38(29-10-8-7-9-27(28)29)20-23-11-15-25(36)16-12-23/h7-19,32H,5-6,20H2,1-4H3/b30-19-. The van der Waals surface area contributed by atoms with Crippen molar-refractivity contribution in [3.8, 4) is 5.75 Å². The van der Waals surface area contributed by atoms with Crippen LogP contribution in [-0.2, 0) is 16.1 Å². The van der Waals surface area contributed by atoms with Gasteiger partial charge in [0.2, 0.25) is 0 Å². The lowest BCUT2D eigenvalue weighted by atomic mass is 9.96. The number of benzene rings is 3. The van der Waals surface area contributed by atoms with Gasteiger partial charge in [-0.2, -0.15) is 0 Å². The average molecular weight is 671 g/mol. The molecule has 0 saturated carbocycles. The number of halogens is 1. The first-order valence-electron chi connectivity index (χ1n) is 14.5. The topological polar surface area (TPSA) is 74.8 Å². The molecule has 2 aromatic heterocycles. The molecular weight excluding hydrogens is 638 g/mol. The fourth-order valence-electron chi connectivity index (χ4n) is 5.77. The number of hydrogen-bond donors (Lipinski definition) is 0. The molecule has 44 heavy (non-hydrogen) atoms. The van der Waals surface area contributed by atoms with Crippen LogP contribution in [0, 0.1) is 6.92 Å². The Kier molecular flexibility index (Phi) is 8.42. The molecule has 1 unspecified atom stereocenters. The monoisotopic (exact) mass is 669 g/mol. The second-order valence-electron chi connectivity index (χ2n) is 10.5. The number of thiazole rings is 1. The third kappa shape index (κ3) is 5.46. The number of nitrogens with zero attached hydrogens (tertiary/aromatic N) is 3. The van der Waals surface area contributed by atoms with E-state index in [2.05, 4.69) is 51.7 Å². The Morgan fingerprint density at radius 2 is 1.73 bits per heavy atom. The molecule has 0 spiro atoms. The Labute approximate surface area is 267 Å². The molecule has 0 fully saturated rings. The molecule has 224 valence electrons. The highest BCUT2D eigenvalue weighted by Gasteiger charge is 2.33. The summed E-state index contributed by atoms with van der Waals surface area (Å²) < 4.78 is 16.6. The van der Waals surface area contributed by atoms with Crippen LogP contribution in [0.3, 0.4) is 0 Å². The summed E-state index contributed by atoms with van der Waals surface area (Å²) in [6.45, 7) is 9.05. The van der Waals surface area contributed by atoms with Gasteiger partial charge in [0.05, 0.1) is 35.1 Å². The van der Waals surface area contributed by atoms with Crippen LogP contribution in [0.4, 0.5) is 0 Å². The molecule has 0 radical (unpaired) electrons. The minimum atomic E-state index is -0.678. The van der Waals surface area contributed by atoms with Gasteiger partial charge in [-0.3, -0.25) is 9.36 Å². The van der Waals surface area contributed by atoms with Crippen molar-refractivity contribution in [2.24, 2.45) is 4.99 Å². The van der Waals surface area contributed by atoms with Gasteiger partial charge >= 0.3 is 5.97 Å². The van der Waals surface area contributed by atoms with Crippen molar-refractivity contribution in [2.45, 2.75) is 40.3 Å². The SMILES string of the molecule is CCOC(=O)C1=C(C)N=c2s/c(=C\c3c(C)n(Cc4ccc(Br)cc4)c4ccccc34)c(=O)n2C1c1ccc(OCC)cc1. The van der Waals surface area contributed by atoms with E-state index in [1.807, 2.05) is 61.5 Å². The lowest BCUT2D eigenvalue weighted by Crippen LogP contribution is -2.39. The van der Waals surface area contributed by atoms with Crippen molar-refractivity contribution in [3.05, 3.63) is 131 Å². The highest BCUT2D eigenvalue weighted by atomic mass is 79.9. The van der Waals surface area contributed by atoms with Gasteiger partial charge in [-0.1, -0.05) is 69.7 Å². The van der Waals surface area contributed by atoms with Crippen molar-refractivity contribution in [2.75, 3.05) is 13.2 Å². The summed E-state index contributed by atoms with van der Waals surface area (Å²) in [6.07, 6.45) is 1.97. The quantitative estimate of drug-likeness (QED) is 0.183. The first-order chi connectivity index (χ1) is 21.3. The molecule has 0 N–H and O–H groups in total. The second kappa shape index (κ2) is 12.4. The highest BCUT2D eigenvalue weighted by Crippen LogP contribution is 2.32. The Morgan fingerprint density at radius 1 is 1.00 bits per heavy atom. The molecule has 6 rings (SSSR count). The van der Waals surface area contributed by atoms with E-state index in [0.29, 0.717) is 33.8 Å². The molecule has 3 heterocycles. The van der Waals surface area contributed by atoms with Gasteiger partial charge in [0.1, 0.15) is 5.75 Å². The first-order valence-corrected chi connectivity index (χ1v) is 16.2. The van der Waals surface area contributed by atoms with E-state index < -0.39 is 12.0 Å². The fourth-order valence-corrected chi connectivity index (χ4v) is 7.06. The second-order valence-corrected chi connectivity index (χ2v) is 12.5. The number of carbonyl (C=O) groups excluding carboxylic acids is 1. The number of fused-ring (bicyclic) bond motifs is 2. The van der Waals surface area contributed by atoms with E-state index >= 15 is 0 Å². The van der Waals surface area contributed by atoms with E-state index in [9.17, 15) is 9.59 Å². The van der Waals surface area contributed by atoms with Gasteiger partial charge in [-0.05, 0) is 75.2 Å². The minimum absolute atomic E-state index is 0.203. The van der Waals surface area contributed by atoms with Gasteiger partial charge in [0.25, 0.3) is 5.56 Å². The Bertz CT molecular complexity index is 2090. The number of aromatic nitrogens is 2. The molecule has 5 aromatic rings. The van der Waals surface area contributed by atoms with Gasteiger partial charge < -0.3 is 14.0 Å². The molecule has 3 aromatic carbocycles. The van der Waals surface area contributed by atoms with E-state index in [1.54, 1.807) is 18.4 Å². The summed E-state index contributed by atoms with van der Waals surface area (Å²) in [7, 11) is 0. The van der Waals surface area contributed by atoms with E-state index in [1.165, 1.54) is 16.9 Å². The summed E-state index contributed by atoms with van der Waals surface area (Å²) >= 11 is 4.86. The van der Waals surface area contributed by atoms with Crippen LogP contribution in [-0.4, -0.2) is 28.3 Å². The predicted octanol–water partition coefficient (Wildman–Crippen LogP) is 6.27. The molecule has 7 nitrogen and oxygen atoms in total. The number of carbonyl (C=O) groups is 1. The molecule has 0 aliphatic carbocycles. The maximum absolute atomic E-state index is 14.3. The van der Waals surface area contributed by atoms with E-state index in [4.69, 9.17) is 14.5 Å². The van der Waals surface area contributed by atoms with Crippen molar-refractivity contribution in [1.82, 2.24) is 9.13 Å². The lowest BCUT2D eigenvalue weighted by Gasteiger charge is -2.24. The first kappa shape index (κ1) is 29.8. The van der Waals surface area contributed by atoms with Crippen molar-refractivity contribution in [1.29, 1.82) is 0 Å². The maximum Gasteiger partial charge on any atom is 0.338 e. The summed E-state index contributed by atoms with van der Waals surface area (Å²) in [5, 5.41) is 1.07. The van der Waals surface area contributed by atoms with Crippen LogP contribution in [0.2, 0.25) is 0 Å². The lowest BCUT2D eigenvalue weighted by molar-refractivity contribution is -0.139. The Morgan fingerprint density at radius 3 is 2.43 bits per heavy atom. The summed E-state index contributed by atoms with van der Waals surface area (Å²) in [6, 6.07) is 23.4. The van der Waals surface area contributed by atoms with Crippen molar-refractivity contribution in [3.63, 3.8) is 0 Å². The molecule has 0 amide bonds. The van der Waals surface area contributed by atoms with Crippen LogP contribution in [0.25, 0.3) is 17.0 Å². The Balaban J connectivity index is 1.52. The molecule has 0 saturated heterocycles. The highest BCUT2D eigenvalue weighted by molar-refractivity contribution is 9.10. The number of allylic oxidation sites excluding steroid dienone is 1. The molecule has 0 bridgehead atoms. The van der Waals surface area contributed by atoms with Gasteiger partial charge in [0, 0.05) is 33.2 Å². The zero-order valence-electron chi connectivity index (χ0n) is 25.0. The van der Waals surface area contributed by atoms with Crippen LogP contribution in [0.15, 0.2) is 98.3 Å². The summed E-state index contributed by atoms with van der Waals surface area (Å²) in [4.78, 5) is 32.8. The zero-order chi connectivity index (χ0) is 31.0. The number of esters is 1. The van der Waals surface area contributed by atoms with E-state index in [-0.39, 0.29) is 12.2 Å². The smallest absolute Gasteiger partial charge is 0.338 e. The maximum atomic E-state index is 14.3. The summed E-state index contributed by atoms with van der Waals surface area (Å²) in [5.74, 6) is 0.241. The van der Waals surface area contributed by atoms with Crippen LogP contribution >= 0.6 is 27.3 Å². The molecular formula is C35H32BrN3O4S. The Hall–Kier alpha value is -4.21. The van der Waals surface area contributed by atoms with E-state index in [0.717, 1.165) is 37.9 Å². The average Bonchev–Trinajstić information content (AvgIpc) is 3.46. The number of para-hydroxylation sites is 1.